The van der Waals surface area contributed by atoms with E-state index in [0.29, 0.717) is 4.68 Å². The topological polar surface area (TPSA) is 85.8 Å². The maximum atomic E-state index is 12.9. The molecule has 2 rings (SSSR count). The van der Waals surface area contributed by atoms with Gasteiger partial charge in [-0.15, -0.1) is 0 Å². The fourth-order valence-corrected chi connectivity index (χ4v) is 1.93. The molecule has 0 saturated carbocycles. The summed E-state index contributed by atoms with van der Waals surface area (Å²) in [7, 11) is 1.07. The van der Waals surface area contributed by atoms with Gasteiger partial charge in [0, 0.05) is 7.05 Å². The highest BCUT2D eigenvalue weighted by atomic mass is 35.5. The molecular weight excluding hydrogens is 311 g/mol. The number of aryl methyl sites for hydroxylation is 1. The van der Waals surface area contributed by atoms with Crippen LogP contribution in [0.1, 0.15) is 16.2 Å². The molecule has 112 valence electrons. The smallest absolute Gasteiger partial charge is 0.384 e. The number of hydrogen-bond donors (Lipinski definition) is 2. The molecule has 2 aromatic rings. The minimum absolute atomic E-state index is 0.0657. The minimum atomic E-state index is -4.72. The van der Waals surface area contributed by atoms with E-state index in [0.717, 1.165) is 7.05 Å². The average molecular weight is 320 g/mol. The summed E-state index contributed by atoms with van der Waals surface area (Å²) in [5.74, 6) is -0.807. The summed E-state index contributed by atoms with van der Waals surface area (Å²) in [5, 5.41) is 5.03. The van der Waals surface area contributed by atoms with Gasteiger partial charge in [-0.25, -0.2) is 4.98 Å². The Balaban J connectivity index is 2.38. The SMILES string of the molecule is Cn1nc(Cl)c(NC(=O)c2cccc(N)n2)c1C(F)(F)F. The molecule has 0 radical (unpaired) electrons. The molecule has 0 aliphatic carbocycles. The second kappa shape index (κ2) is 5.24. The highest BCUT2D eigenvalue weighted by Crippen LogP contribution is 2.38. The number of aromatic nitrogens is 3. The van der Waals surface area contributed by atoms with E-state index in [9.17, 15) is 18.0 Å². The van der Waals surface area contributed by atoms with Crippen LogP contribution in [0.5, 0.6) is 0 Å². The summed E-state index contributed by atoms with van der Waals surface area (Å²) in [4.78, 5) is 15.6. The van der Waals surface area contributed by atoms with Crippen molar-refractivity contribution in [3.63, 3.8) is 0 Å². The van der Waals surface area contributed by atoms with Gasteiger partial charge in [0.2, 0.25) is 0 Å². The maximum absolute atomic E-state index is 12.9. The van der Waals surface area contributed by atoms with Gasteiger partial charge in [0.15, 0.2) is 10.8 Å². The fourth-order valence-electron chi connectivity index (χ4n) is 1.68. The summed E-state index contributed by atoms with van der Waals surface area (Å²) in [6.07, 6.45) is -4.72. The molecule has 10 heteroatoms. The van der Waals surface area contributed by atoms with Crippen molar-refractivity contribution < 1.29 is 18.0 Å². The Bertz CT molecular complexity index is 698. The number of amides is 1. The van der Waals surface area contributed by atoms with Gasteiger partial charge in [0.05, 0.1) is 0 Å². The van der Waals surface area contributed by atoms with Gasteiger partial charge in [0.1, 0.15) is 17.2 Å². The van der Waals surface area contributed by atoms with E-state index in [1.807, 2.05) is 0 Å². The van der Waals surface area contributed by atoms with Crippen molar-refractivity contribution in [3.05, 3.63) is 34.7 Å². The molecule has 0 aromatic carbocycles. The molecule has 2 aromatic heterocycles. The number of halogens is 4. The molecular formula is C11H9ClF3N5O. The third-order valence-corrected chi connectivity index (χ3v) is 2.78. The predicted molar refractivity (Wildman–Crippen MR) is 69.8 cm³/mol. The van der Waals surface area contributed by atoms with E-state index in [-0.39, 0.29) is 11.5 Å². The Morgan fingerprint density at radius 2 is 2.10 bits per heavy atom. The third-order valence-electron chi connectivity index (χ3n) is 2.51. The van der Waals surface area contributed by atoms with Crippen LogP contribution < -0.4 is 11.1 Å². The Hall–Kier alpha value is -2.29. The number of nitrogens with one attached hydrogen (secondary N) is 1. The summed E-state index contributed by atoms with van der Waals surface area (Å²) < 4.78 is 39.3. The van der Waals surface area contributed by atoms with Gasteiger partial charge >= 0.3 is 6.18 Å². The van der Waals surface area contributed by atoms with Crippen LogP contribution in [0.25, 0.3) is 0 Å². The standard InChI is InChI=1S/C11H9ClF3N5O/c1-20-8(11(13,14)15)7(9(12)19-20)18-10(21)5-3-2-4-6(16)17-5/h2-4H,1H3,(H2,16,17)(H,18,21). The Morgan fingerprint density at radius 3 is 2.67 bits per heavy atom. The first-order chi connectivity index (χ1) is 9.70. The minimum Gasteiger partial charge on any atom is -0.384 e. The van der Waals surface area contributed by atoms with Crippen LogP contribution in [0.15, 0.2) is 18.2 Å². The first-order valence-corrected chi connectivity index (χ1v) is 5.91. The number of nitrogens with zero attached hydrogens (tertiary/aromatic N) is 3. The third kappa shape index (κ3) is 3.07. The summed E-state index contributed by atoms with van der Waals surface area (Å²) in [5.41, 5.74) is 3.49. The number of carbonyl (C=O) groups excluding carboxylic acids is 1. The van der Waals surface area contributed by atoms with Crippen molar-refractivity contribution in [2.45, 2.75) is 6.18 Å². The number of nitrogen functional groups attached to an aromatic ring is 1. The lowest BCUT2D eigenvalue weighted by Gasteiger charge is -2.10. The van der Waals surface area contributed by atoms with Gasteiger partial charge in [-0.05, 0) is 12.1 Å². The van der Waals surface area contributed by atoms with Crippen molar-refractivity contribution in [3.8, 4) is 0 Å². The molecule has 2 heterocycles. The van der Waals surface area contributed by atoms with Gasteiger partial charge in [-0.2, -0.15) is 18.3 Å². The summed E-state index contributed by atoms with van der Waals surface area (Å²) in [6.45, 7) is 0. The highest BCUT2D eigenvalue weighted by molar-refractivity contribution is 6.33. The summed E-state index contributed by atoms with van der Waals surface area (Å²) >= 11 is 5.63. The predicted octanol–water partition coefficient (Wildman–Crippen LogP) is 2.32. The first kappa shape index (κ1) is 15.1. The number of pyridine rings is 1. The second-order valence-corrected chi connectivity index (χ2v) is 4.40. The van der Waals surface area contributed by atoms with Crippen molar-refractivity contribution in [2.75, 3.05) is 11.1 Å². The fraction of sp³-hybridized carbons (Fsp3) is 0.182. The lowest BCUT2D eigenvalue weighted by Crippen LogP contribution is -2.19. The van der Waals surface area contributed by atoms with Crippen molar-refractivity contribution in [1.29, 1.82) is 0 Å². The molecule has 0 atom stereocenters. The zero-order valence-electron chi connectivity index (χ0n) is 10.6. The average Bonchev–Trinajstić information content (AvgIpc) is 2.63. The van der Waals surface area contributed by atoms with E-state index in [1.54, 1.807) is 0 Å². The van der Waals surface area contributed by atoms with Crippen LogP contribution in [0, 0.1) is 0 Å². The molecule has 6 nitrogen and oxygen atoms in total. The van der Waals surface area contributed by atoms with Gasteiger partial charge in [-0.3, -0.25) is 9.48 Å². The molecule has 3 N–H and O–H groups in total. The quantitative estimate of drug-likeness (QED) is 0.889. The molecule has 0 unspecified atom stereocenters. The van der Waals surface area contributed by atoms with Gasteiger partial charge in [-0.1, -0.05) is 17.7 Å². The number of hydrogen-bond acceptors (Lipinski definition) is 4. The van der Waals surface area contributed by atoms with Crippen LogP contribution in [0.2, 0.25) is 5.15 Å². The first-order valence-electron chi connectivity index (χ1n) is 5.53. The van der Waals surface area contributed by atoms with Crippen LogP contribution in [-0.2, 0) is 13.2 Å². The van der Waals surface area contributed by atoms with E-state index in [4.69, 9.17) is 17.3 Å². The van der Waals surface area contributed by atoms with Crippen molar-refractivity contribution >= 4 is 29.0 Å². The molecule has 0 saturated heterocycles. The zero-order valence-corrected chi connectivity index (χ0v) is 11.3. The molecule has 21 heavy (non-hydrogen) atoms. The molecule has 0 spiro atoms. The van der Waals surface area contributed by atoms with Gasteiger partial charge < -0.3 is 11.1 Å². The van der Waals surface area contributed by atoms with Crippen LogP contribution in [0.4, 0.5) is 24.7 Å². The van der Waals surface area contributed by atoms with Crippen molar-refractivity contribution in [2.24, 2.45) is 7.05 Å². The Kier molecular flexibility index (Phi) is 3.77. The lowest BCUT2D eigenvalue weighted by molar-refractivity contribution is -0.143. The van der Waals surface area contributed by atoms with E-state index in [2.05, 4.69) is 15.4 Å². The van der Waals surface area contributed by atoms with E-state index in [1.165, 1.54) is 18.2 Å². The zero-order chi connectivity index (χ0) is 15.8. The Labute approximate surface area is 121 Å². The van der Waals surface area contributed by atoms with Crippen LogP contribution >= 0.6 is 11.6 Å². The molecule has 0 fully saturated rings. The highest BCUT2D eigenvalue weighted by Gasteiger charge is 2.39. The number of nitrogens with two attached hydrogens (primary N) is 1. The second-order valence-electron chi connectivity index (χ2n) is 4.04. The molecule has 0 aliphatic heterocycles. The molecule has 0 bridgehead atoms. The largest absolute Gasteiger partial charge is 0.435 e. The number of anilines is 2. The monoisotopic (exact) mass is 319 g/mol. The number of rotatable bonds is 2. The lowest BCUT2D eigenvalue weighted by atomic mass is 10.3. The summed E-state index contributed by atoms with van der Waals surface area (Å²) in [6, 6.07) is 4.20. The molecule has 1 amide bonds. The van der Waals surface area contributed by atoms with Crippen LogP contribution in [-0.4, -0.2) is 20.7 Å². The normalized spacial score (nSPS) is 11.5. The molecule has 0 aliphatic rings. The Morgan fingerprint density at radius 1 is 1.43 bits per heavy atom. The van der Waals surface area contributed by atoms with Crippen LogP contribution in [0.3, 0.4) is 0 Å². The van der Waals surface area contributed by atoms with Gasteiger partial charge in [0.25, 0.3) is 5.91 Å². The maximum Gasteiger partial charge on any atom is 0.435 e. The number of alkyl halides is 3. The number of carbonyl (C=O) groups is 1. The van der Waals surface area contributed by atoms with E-state index < -0.39 is 28.6 Å². The van der Waals surface area contributed by atoms with Crippen molar-refractivity contribution in [1.82, 2.24) is 14.8 Å². The van der Waals surface area contributed by atoms with E-state index >= 15 is 0 Å².